The number of nitrogens with zero attached hydrogens (tertiary/aromatic N) is 1. The summed E-state index contributed by atoms with van der Waals surface area (Å²) in [4.78, 5) is 26.1. The van der Waals surface area contributed by atoms with Crippen molar-refractivity contribution in [1.82, 2.24) is 0 Å². The van der Waals surface area contributed by atoms with E-state index in [1.165, 1.54) is 17.9 Å². The first-order chi connectivity index (χ1) is 11.7. The van der Waals surface area contributed by atoms with Crippen LogP contribution in [-0.4, -0.2) is 16.8 Å². The Kier molecular flexibility index (Phi) is 4.62. The SMILES string of the molecule is CC(=O)C[C@@]1(O)C(=O)N(Cc2ccc(C)cc2)c2c(Cl)ccc(Cl)c21. The van der Waals surface area contributed by atoms with Crippen molar-refractivity contribution >= 4 is 40.6 Å². The molecule has 1 aliphatic heterocycles. The van der Waals surface area contributed by atoms with Gasteiger partial charge in [-0.15, -0.1) is 0 Å². The number of halogens is 2. The zero-order valence-electron chi connectivity index (χ0n) is 13.8. The van der Waals surface area contributed by atoms with E-state index in [4.69, 9.17) is 23.2 Å². The van der Waals surface area contributed by atoms with Gasteiger partial charge in [-0.2, -0.15) is 0 Å². The van der Waals surface area contributed by atoms with Crippen LogP contribution in [0.15, 0.2) is 36.4 Å². The Balaban J connectivity index is 2.12. The standard InChI is InChI=1S/C19H17Cl2NO3/c1-11-3-5-13(6-4-11)10-22-17-15(21)8-7-14(20)16(17)19(25,18(22)24)9-12(2)23/h3-8,25H,9-10H2,1-2H3/t19-/m0/s1. The van der Waals surface area contributed by atoms with Gasteiger partial charge in [0.05, 0.1) is 17.3 Å². The van der Waals surface area contributed by atoms with E-state index in [1.807, 2.05) is 31.2 Å². The Labute approximate surface area is 156 Å². The number of benzene rings is 2. The zero-order chi connectivity index (χ0) is 18.4. The highest BCUT2D eigenvalue weighted by atomic mass is 35.5. The maximum Gasteiger partial charge on any atom is 0.264 e. The van der Waals surface area contributed by atoms with Gasteiger partial charge in [0.1, 0.15) is 5.78 Å². The topological polar surface area (TPSA) is 57.6 Å². The second-order valence-corrected chi connectivity index (χ2v) is 7.18. The highest BCUT2D eigenvalue weighted by molar-refractivity contribution is 6.38. The van der Waals surface area contributed by atoms with Crippen molar-refractivity contribution in [3.05, 3.63) is 63.1 Å². The van der Waals surface area contributed by atoms with Crippen LogP contribution in [0.2, 0.25) is 10.0 Å². The van der Waals surface area contributed by atoms with E-state index in [1.54, 1.807) is 6.07 Å². The molecule has 130 valence electrons. The molecule has 0 aromatic heterocycles. The van der Waals surface area contributed by atoms with Crippen LogP contribution < -0.4 is 4.90 Å². The molecule has 0 saturated carbocycles. The summed E-state index contributed by atoms with van der Waals surface area (Å²) in [6, 6.07) is 10.8. The van der Waals surface area contributed by atoms with Gasteiger partial charge in [-0.25, -0.2) is 0 Å². The maximum absolute atomic E-state index is 13.0. The summed E-state index contributed by atoms with van der Waals surface area (Å²) in [6.45, 7) is 3.53. The number of hydrogen-bond acceptors (Lipinski definition) is 3. The first-order valence-corrected chi connectivity index (χ1v) is 8.57. The molecule has 1 N–H and O–H groups in total. The molecule has 0 aliphatic carbocycles. The highest BCUT2D eigenvalue weighted by Crippen LogP contribution is 2.49. The predicted molar refractivity (Wildman–Crippen MR) is 98.0 cm³/mol. The Morgan fingerprint density at radius 3 is 2.32 bits per heavy atom. The second-order valence-electron chi connectivity index (χ2n) is 6.37. The molecule has 4 nitrogen and oxygen atoms in total. The van der Waals surface area contributed by atoms with Gasteiger partial charge in [-0.3, -0.25) is 9.59 Å². The van der Waals surface area contributed by atoms with Crippen molar-refractivity contribution in [2.75, 3.05) is 4.90 Å². The minimum absolute atomic E-state index is 0.203. The number of ketones is 1. The Morgan fingerprint density at radius 1 is 1.12 bits per heavy atom. The number of carbonyl (C=O) groups is 2. The van der Waals surface area contributed by atoms with Gasteiger partial charge < -0.3 is 10.0 Å². The molecule has 0 radical (unpaired) electrons. The monoisotopic (exact) mass is 377 g/mol. The van der Waals surface area contributed by atoms with Crippen molar-refractivity contribution in [3.63, 3.8) is 0 Å². The Morgan fingerprint density at radius 2 is 1.72 bits per heavy atom. The van der Waals surface area contributed by atoms with Gasteiger partial charge >= 0.3 is 0 Å². The Bertz CT molecular complexity index is 864. The first kappa shape index (κ1) is 17.9. The van der Waals surface area contributed by atoms with Gasteiger partial charge in [-0.05, 0) is 31.5 Å². The number of amides is 1. The molecule has 0 unspecified atom stereocenters. The van der Waals surface area contributed by atoms with Gasteiger partial charge in [0.15, 0.2) is 5.60 Å². The van der Waals surface area contributed by atoms with E-state index >= 15 is 0 Å². The average molecular weight is 378 g/mol. The highest BCUT2D eigenvalue weighted by Gasteiger charge is 2.52. The largest absolute Gasteiger partial charge is 0.375 e. The summed E-state index contributed by atoms with van der Waals surface area (Å²) in [6.07, 6.45) is -0.344. The summed E-state index contributed by atoms with van der Waals surface area (Å²) >= 11 is 12.6. The number of fused-ring (bicyclic) bond motifs is 1. The van der Waals surface area contributed by atoms with E-state index in [2.05, 4.69) is 0 Å². The van der Waals surface area contributed by atoms with E-state index in [-0.39, 0.29) is 29.3 Å². The summed E-state index contributed by atoms with van der Waals surface area (Å²) < 4.78 is 0. The van der Waals surface area contributed by atoms with Crippen LogP contribution in [0.4, 0.5) is 5.69 Å². The molecule has 1 heterocycles. The lowest BCUT2D eigenvalue weighted by Crippen LogP contribution is -2.41. The molecule has 6 heteroatoms. The lowest BCUT2D eigenvalue weighted by atomic mass is 9.90. The zero-order valence-corrected chi connectivity index (χ0v) is 15.4. The molecule has 0 saturated heterocycles. The van der Waals surface area contributed by atoms with Crippen molar-refractivity contribution in [1.29, 1.82) is 0 Å². The van der Waals surface area contributed by atoms with E-state index in [0.29, 0.717) is 10.7 Å². The molecule has 1 amide bonds. The number of anilines is 1. The Hall–Kier alpha value is -1.88. The van der Waals surface area contributed by atoms with Crippen molar-refractivity contribution in [2.24, 2.45) is 0 Å². The molecule has 3 rings (SSSR count). The molecular formula is C19H17Cl2NO3. The van der Waals surface area contributed by atoms with Crippen molar-refractivity contribution < 1.29 is 14.7 Å². The predicted octanol–water partition coefficient (Wildman–Crippen LogP) is 4.02. The number of rotatable bonds is 4. The third-order valence-corrected chi connectivity index (χ3v) is 4.95. The molecule has 0 fully saturated rings. The van der Waals surface area contributed by atoms with Crippen LogP contribution in [-0.2, 0) is 21.7 Å². The minimum Gasteiger partial charge on any atom is -0.375 e. The van der Waals surface area contributed by atoms with E-state index in [9.17, 15) is 14.7 Å². The summed E-state index contributed by atoms with van der Waals surface area (Å²) in [5.74, 6) is -0.900. The normalized spacial score (nSPS) is 19.2. The number of aryl methyl sites for hydroxylation is 1. The number of carbonyl (C=O) groups excluding carboxylic acids is 2. The van der Waals surface area contributed by atoms with Crippen LogP contribution in [0.5, 0.6) is 0 Å². The van der Waals surface area contributed by atoms with Gasteiger partial charge in [0.2, 0.25) is 0 Å². The molecule has 1 aliphatic rings. The maximum atomic E-state index is 13.0. The second kappa shape index (κ2) is 6.45. The van der Waals surface area contributed by atoms with E-state index in [0.717, 1.165) is 11.1 Å². The van der Waals surface area contributed by atoms with Crippen LogP contribution in [0.3, 0.4) is 0 Å². The van der Waals surface area contributed by atoms with Gasteiger partial charge in [-0.1, -0.05) is 53.0 Å². The molecule has 0 spiro atoms. The first-order valence-electron chi connectivity index (χ1n) is 7.82. The smallest absolute Gasteiger partial charge is 0.264 e. The van der Waals surface area contributed by atoms with Crippen LogP contribution in [0.25, 0.3) is 0 Å². The molecule has 2 aromatic rings. The lowest BCUT2D eigenvalue weighted by molar-refractivity contribution is -0.141. The summed E-state index contributed by atoms with van der Waals surface area (Å²) in [5, 5.41) is 11.5. The molecule has 0 bridgehead atoms. The third kappa shape index (κ3) is 3.06. The molecule has 2 aromatic carbocycles. The van der Waals surface area contributed by atoms with Crippen molar-refractivity contribution in [2.45, 2.75) is 32.4 Å². The number of hydrogen-bond donors (Lipinski definition) is 1. The van der Waals surface area contributed by atoms with Gasteiger partial charge in [0, 0.05) is 17.0 Å². The fourth-order valence-electron chi connectivity index (χ4n) is 3.18. The number of Topliss-reactive ketones (excluding diaryl/α,β-unsaturated/α-hetero) is 1. The van der Waals surface area contributed by atoms with Crippen molar-refractivity contribution in [3.8, 4) is 0 Å². The van der Waals surface area contributed by atoms with Crippen LogP contribution >= 0.6 is 23.2 Å². The fraction of sp³-hybridized carbons (Fsp3) is 0.263. The molecular weight excluding hydrogens is 361 g/mol. The van der Waals surface area contributed by atoms with Gasteiger partial charge in [0.25, 0.3) is 5.91 Å². The number of aliphatic hydroxyl groups is 1. The molecule has 1 atom stereocenters. The summed E-state index contributed by atoms with van der Waals surface area (Å²) in [5.41, 5.74) is 0.560. The minimum atomic E-state index is -1.99. The van der Waals surface area contributed by atoms with Crippen LogP contribution in [0, 0.1) is 6.92 Å². The molecule has 25 heavy (non-hydrogen) atoms. The lowest BCUT2D eigenvalue weighted by Gasteiger charge is -2.22. The van der Waals surface area contributed by atoms with Crippen LogP contribution in [0.1, 0.15) is 30.0 Å². The summed E-state index contributed by atoms with van der Waals surface area (Å²) in [7, 11) is 0. The average Bonchev–Trinajstić information content (AvgIpc) is 2.75. The third-order valence-electron chi connectivity index (χ3n) is 4.33. The quantitative estimate of drug-likeness (QED) is 0.875. The van der Waals surface area contributed by atoms with E-state index < -0.39 is 11.5 Å². The fourth-order valence-corrected chi connectivity index (χ4v) is 3.75.